The van der Waals surface area contributed by atoms with E-state index in [-0.39, 0.29) is 6.42 Å². The van der Waals surface area contributed by atoms with Gasteiger partial charge in [0.2, 0.25) is 5.95 Å². The SMILES string of the molecule is COc1cc(C/C=C/CC(C(=O)O)C(=O)O)c2c(c1)CCN2c1ncccn1. The van der Waals surface area contributed by atoms with E-state index in [1.165, 1.54) is 0 Å². The second-order valence-corrected chi connectivity index (χ2v) is 6.38. The zero-order valence-electron chi connectivity index (χ0n) is 15.4. The first-order valence-corrected chi connectivity index (χ1v) is 8.86. The van der Waals surface area contributed by atoms with Crippen molar-refractivity contribution in [3.8, 4) is 5.75 Å². The van der Waals surface area contributed by atoms with Crippen molar-refractivity contribution < 1.29 is 24.5 Å². The number of carbonyl (C=O) groups is 2. The summed E-state index contributed by atoms with van der Waals surface area (Å²) in [5.41, 5.74) is 3.13. The number of benzene rings is 1. The van der Waals surface area contributed by atoms with E-state index < -0.39 is 17.9 Å². The Kier molecular flexibility index (Phi) is 5.88. The third kappa shape index (κ3) is 4.11. The van der Waals surface area contributed by atoms with Gasteiger partial charge in [0.05, 0.1) is 12.8 Å². The van der Waals surface area contributed by atoms with Gasteiger partial charge in [-0.3, -0.25) is 9.59 Å². The number of carboxylic acid groups (broad SMARTS) is 2. The molecule has 0 fully saturated rings. The van der Waals surface area contributed by atoms with Crippen LogP contribution in [-0.2, 0) is 22.4 Å². The van der Waals surface area contributed by atoms with Gasteiger partial charge < -0.3 is 19.8 Å². The summed E-state index contributed by atoms with van der Waals surface area (Å²) in [6.45, 7) is 0.753. The molecule has 146 valence electrons. The van der Waals surface area contributed by atoms with Crippen molar-refractivity contribution in [2.45, 2.75) is 19.3 Å². The number of methoxy groups -OCH3 is 1. The maximum atomic E-state index is 11.0. The summed E-state index contributed by atoms with van der Waals surface area (Å²) < 4.78 is 5.40. The zero-order chi connectivity index (χ0) is 20.1. The van der Waals surface area contributed by atoms with Crippen molar-refractivity contribution in [3.63, 3.8) is 0 Å². The fourth-order valence-electron chi connectivity index (χ4n) is 3.26. The third-order valence-corrected chi connectivity index (χ3v) is 4.62. The molecule has 1 aromatic heterocycles. The molecule has 2 aromatic rings. The summed E-state index contributed by atoms with van der Waals surface area (Å²) in [6.07, 6.45) is 8.05. The molecule has 1 aliphatic heterocycles. The lowest BCUT2D eigenvalue weighted by atomic mass is 10.0. The average Bonchev–Trinajstić information content (AvgIpc) is 3.11. The zero-order valence-corrected chi connectivity index (χ0v) is 15.4. The second kappa shape index (κ2) is 8.51. The Bertz CT molecular complexity index is 884. The van der Waals surface area contributed by atoms with Gasteiger partial charge in [-0.2, -0.15) is 0 Å². The standard InChI is InChI=1S/C20H21N3O5/c1-28-15-11-13(5-2-3-6-16(18(24)25)19(26)27)17-14(12-15)7-10-23(17)20-21-8-4-9-22-20/h2-4,8-9,11-12,16H,5-7,10H2,1H3,(H,24,25)(H,26,27)/b3-2+. The molecule has 1 aliphatic rings. The van der Waals surface area contributed by atoms with Crippen LogP contribution in [0.1, 0.15) is 17.5 Å². The smallest absolute Gasteiger partial charge is 0.318 e. The van der Waals surface area contributed by atoms with Crippen LogP contribution >= 0.6 is 0 Å². The van der Waals surface area contributed by atoms with Crippen LogP contribution in [0.4, 0.5) is 11.6 Å². The van der Waals surface area contributed by atoms with E-state index in [9.17, 15) is 9.59 Å². The molecule has 0 unspecified atom stereocenters. The van der Waals surface area contributed by atoms with Gasteiger partial charge in [0, 0.05) is 18.9 Å². The Morgan fingerprint density at radius 3 is 2.57 bits per heavy atom. The van der Waals surface area contributed by atoms with E-state index in [0.29, 0.717) is 12.4 Å². The molecule has 0 aliphatic carbocycles. The molecule has 0 spiro atoms. The van der Waals surface area contributed by atoms with Crippen LogP contribution in [0.25, 0.3) is 0 Å². The molecule has 28 heavy (non-hydrogen) atoms. The minimum atomic E-state index is -1.44. The highest BCUT2D eigenvalue weighted by atomic mass is 16.5. The normalized spacial score (nSPS) is 13.1. The summed E-state index contributed by atoms with van der Waals surface area (Å²) in [5.74, 6) is -2.76. The minimum Gasteiger partial charge on any atom is -0.497 e. The van der Waals surface area contributed by atoms with Crippen LogP contribution in [0, 0.1) is 5.92 Å². The van der Waals surface area contributed by atoms with E-state index in [1.54, 1.807) is 37.7 Å². The van der Waals surface area contributed by atoms with Gasteiger partial charge >= 0.3 is 11.9 Å². The van der Waals surface area contributed by atoms with Gasteiger partial charge in [-0.15, -0.1) is 0 Å². The molecule has 0 bridgehead atoms. The summed E-state index contributed by atoms with van der Waals surface area (Å²) in [7, 11) is 1.61. The summed E-state index contributed by atoms with van der Waals surface area (Å²) in [5, 5.41) is 17.9. The Morgan fingerprint density at radius 2 is 1.93 bits per heavy atom. The molecule has 3 rings (SSSR count). The van der Waals surface area contributed by atoms with Crippen LogP contribution in [0.15, 0.2) is 42.7 Å². The number of carboxylic acids is 2. The molecule has 0 radical (unpaired) electrons. The molecular formula is C20H21N3O5. The van der Waals surface area contributed by atoms with Crippen molar-refractivity contribution in [2.24, 2.45) is 5.92 Å². The number of rotatable bonds is 8. The lowest BCUT2D eigenvalue weighted by Crippen LogP contribution is -2.22. The lowest BCUT2D eigenvalue weighted by Gasteiger charge is -2.20. The number of anilines is 2. The summed E-state index contributed by atoms with van der Waals surface area (Å²) in [6, 6.07) is 5.69. The van der Waals surface area contributed by atoms with Crippen molar-refractivity contribution in [1.82, 2.24) is 9.97 Å². The quantitative estimate of drug-likeness (QED) is 0.528. The molecule has 0 amide bonds. The third-order valence-electron chi connectivity index (χ3n) is 4.62. The molecular weight excluding hydrogens is 362 g/mol. The monoisotopic (exact) mass is 383 g/mol. The first-order chi connectivity index (χ1) is 13.5. The fraction of sp³-hybridized carbons (Fsp3) is 0.300. The van der Waals surface area contributed by atoms with E-state index >= 15 is 0 Å². The number of aliphatic carboxylic acids is 2. The van der Waals surface area contributed by atoms with E-state index in [2.05, 4.69) is 14.9 Å². The molecule has 2 N–H and O–H groups in total. The van der Waals surface area contributed by atoms with Gasteiger partial charge in [-0.25, -0.2) is 9.97 Å². The Morgan fingerprint density at radius 1 is 1.21 bits per heavy atom. The predicted molar refractivity (Wildman–Crippen MR) is 102 cm³/mol. The molecule has 0 atom stereocenters. The van der Waals surface area contributed by atoms with Gasteiger partial charge in [0.25, 0.3) is 0 Å². The van der Waals surface area contributed by atoms with Crippen LogP contribution in [0.5, 0.6) is 5.75 Å². The number of aromatic nitrogens is 2. The molecule has 1 aromatic carbocycles. The number of fused-ring (bicyclic) bond motifs is 1. The van der Waals surface area contributed by atoms with E-state index in [1.807, 2.05) is 12.1 Å². The Balaban J connectivity index is 1.85. The molecule has 8 heteroatoms. The van der Waals surface area contributed by atoms with Crippen LogP contribution in [0.3, 0.4) is 0 Å². The number of allylic oxidation sites excluding steroid dienone is 2. The predicted octanol–water partition coefficient (Wildman–Crippen LogP) is 2.45. The van der Waals surface area contributed by atoms with E-state index in [4.69, 9.17) is 14.9 Å². The van der Waals surface area contributed by atoms with Crippen molar-refractivity contribution >= 4 is 23.6 Å². The molecule has 2 heterocycles. The summed E-state index contributed by atoms with van der Waals surface area (Å²) >= 11 is 0. The number of nitrogens with zero attached hydrogens (tertiary/aromatic N) is 3. The topological polar surface area (TPSA) is 113 Å². The van der Waals surface area contributed by atoms with Crippen LogP contribution < -0.4 is 9.64 Å². The average molecular weight is 383 g/mol. The highest BCUT2D eigenvalue weighted by Crippen LogP contribution is 2.39. The fourth-order valence-corrected chi connectivity index (χ4v) is 3.26. The van der Waals surface area contributed by atoms with Gasteiger partial charge in [-0.1, -0.05) is 12.2 Å². The highest BCUT2D eigenvalue weighted by molar-refractivity contribution is 5.93. The maximum absolute atomic E-state index is 11.0. The maximum Gasteiger partial charge on any atom is 0.318 e. The number of hydrogen-bond acceptors (Lipinski definition) is 6. The van der Waals surface area contributed by atoms with Gasteiger partial charge in [-0.05, 0) is 48.6 Å². The van der Waals surface area contributed by atoms with Crippen LogP contribution in [-0.4, -0.2) is 45.8 Å². The molecule has 0 saturated carbocycles. The first kappa shape index (κ1) is 19.3. The highest BCUT2D eigenvalue weighted by Gasteiger charge is 2.26. The Hall–Kier alpha value is -3.42. The van der Waals surface area contributed by atoms with E-state index in [0.717, 1.165) is 35.5 Å². The van der Waals surface area contributed by atoms with Crippen molar-refractivity contribution in [2.75, 3.05) is 18.6 Å². The first-order valence-electron chi connectivity index (χ1n) is 8.86. The van der Waals surface area contributed by atoms with Gasteiger partial charge in [0.15, 0.2) is 5.92 Å². The van der Waals surface area contributed by atoms with Crippen molar-refractivity contribution in [1.29, 1.82) is 0 Å². The summed E-state index contributed by atoms with van der Waals surface area (Å²) in [4.78, 5) is 32.7. The molecule has 0 saturated heterocycles. The molecule has 8 nitrogen and oxygen atoms in total. The number of ether oxygens (including phenoxy) is 1. The largest absolute Gasteiger partial charge is 0.497 e. The van der Waals surface area contributed by atoms with Gasteiger partial charge in [0.1, 0.15) is 5.75 Å². The minimum absolute atomic E-state index is 0.0671. The second-order valence-electron chi connectivity index (χ2n) is 6.38. The Labute approximate surface area is 162 Å². The van der Waals surface area contributed by atoms with Crippen molar-refractivity contribution in [3.05, 3.63) is 53.9 Å². The number of hydrogen-bond donors (Lipinski definition) is 2. The lowest BCUT2D eigenvalue weighted by molar-refractivity contribution is -0.154. The van der Waals surface area contributed by atoms with Crippen LogP contribution in [0.2, 0.25) is 0 Å².